The van der Waals surface area contributed by atoms with E-state index >= 15 is 0 Å². The Morgan fingerprint density at radius 2 is 1.74 bits per heavy atom. The number of carboxylic acid groups (broad SMARTS) is 1. The number of benzene rings is 1. The molecule has 5 heteroatoms. The van der Waals surface area contributed by atoms with Gasteiger partial charge in [-0.05, 0) is 43.2 Å². The van der Waals surface area contributed by atoms with Crippen molar-refractivity contribution in [1.29, 1.82) is 0 Å². The first kappa shape index (κ1) is 15.3. The molecule has 1 saturated heterocycles. The van der Waals surface area contributed by atoms with Crippen LogP contribution in [0.2, 0.25) is 0 Å². The first-order valence-electron chi connectivity index (χ1n) is 7.82. The van der Waals surface area contributed by atoms with Crippen LogP contribution in [0.15, 0.2) is 36.5 Å². The molecule has 0 aliphatic carbocycles. The van der Waals surface area contributed by atoms with Crippen molar-refractivity contribution in [3.8, 4) is 0 Å². The maximum atomic E-state index is 11.4. The Morgan fingerprint density at radius 3 is 2.43 bits per heavy atom. The van der Waals surface area contributed by atoms with Crippen molar-refractivity contribution in [2.24, 2.45) is 0 Å². The van der Waals surface area contributed by atoms with E-state index in [0.29, 0.717) is 5.82 Å². The highest BCUT2D eigenvalue weighted by molar-refractivity contribution is 5.93. The third-order valence-corrected chi connectivity index (χ3v) is 4.51. The molecule has 2 heterocycles. The number of anilines is 2. The van der Waals surface area contributed by atoms with Crippen LogP contribution in [-0.4, -0.2) is 42.2 Å². The van der Waals surface area contributed by atoms with Gasteiger partial charge in [0.05, 0.1) is 0 Å². The zero-order valence-corrected chi connectivity index (χ0v) is 13.5. The maximum Gasteiger partial charge on any atom is 0.339 e. The van der Waals surface area contributed by atoms with Crippen molar-refractivity contribution in [2.45, 2.75) is 13.8 Å². The van der Waals surface area contributed by atoms with Crippen LogP contribution in [0.3, 0.4) is 0 Å². The highest BCUT2D eigenvalue weighted by Crippen LogP contribution is 2.25. The van der Waals surface area contributed by atoms with Crippen molar-refractivity contribution in [2.75, 3.05) is 36.0 Å². The van der Waals surface area contributed by atoms with E-state index in [2.05, 4.69) is 46.8 Å². The summed E-state index contributed by atoms with van der Waals surface area (Å²) in [4.78, 5) is 20.1. The first-order chi connectivity index (χ1) is 11.1. The largest absolute Gasteiger partial charge is 0.478 e. The summed E-state index contributed by atoms with van der Waals surface area (Å²) in [5.74, 6) is -0.356. The third-order valence-electron chi connectivity index (χ3n) is 4.51. The molecule has 0 atom stereocenters. The minimum atomic E-state index is -0.926. The normalized spacial score (nSPS) is 14.9. The zero-order chi connectivity index (χ0) is 16.4. The van der Waals surface area contributed by atoms with E-state index in [1.54, 1.807) is 18.3 Å². The molecule has 1 aromatic carbocycles. The van der Waals surface area contributed by atoms with E-state index < -0.39 is 5.97 Å². The Bertz CT molecular complexity index is 722. The molecule has 1 aliphatic rings. The van der Waals surface area contributed by atoms with Gasteiger partial charge < -0.3 is 14.9 Å². The van der Waals surface area contributed by atoms with Crippen LogP contribution in [0.25, 0.3) is 0 Å². The summed E-state index contributed by atoms with van der Waals surface area (Å²) in [6.07, 6.45) is 1.65. The lowest BCUT2D eigenvalue weighted by Crippen LogP contribution is -2.47. The molecule has 23 heavy (non-hydrogen) atoms. The first-order valence-corrected chi connectivity index (χ1v) is 7.82. The van der Waals surface area contributed by atoms with E-state index in [1.807, 2.05) is 0 Å². The average Bonchev–Trinajstić information content (AvgIpc) is 2.57. The Morgan fingerprint density at radius 1 is 1.04 bits per heavy atom. The molecular weight excluding hydrogens is 290 g/mol. The van der Waals surface area contributed by atoms with Gasteiger partial charge in [0.25, 0.3) is 0 Å². The fourth-order valence-electron chi connectivity index (χ4n) is 3.05. The van der Waals surface area contributed by atoms with Gasteiger partial charge in [-0.1, -0.05) is 12.1 Å². The van der Waals surface area contributed by atoms with Gasteiger partial charge in [0.2, 0.25) is 0 Å². The van der Waals surface area contributed by atoms with E-state index in [4.69, 9.17) is 0 Å². The molecule has 1 aliphatic heterocycles. The summed E-state index contributed by atoms with van der Waals surface area (Å²) in [6.45, 7) is 7.54. The third kappa shape index (κ3) is 2.99. The van der Waals surface area contributed by atoms with Gasteiger partial charge in [0, 0.05) is 38.1 Å². The van der Waals surface area contributed by atoms with Gasteiger partial charge in [0.15, 0.2) is 0 Å². The number of hydrogen-bond donors (Lipinski definition) is 1. The fraction of sp³-hybridized carbons (Fsp3) is 0.333. The van der Waals surface area contributed by atoms with Crippen molar-refractivity contribution in [3.63, 3.8) is 0 Å². The van der Waals surface area contributed by atoms with Gasteiger partial charge in [-0.3, -0.25) is 0 Å². The predicted octanol–water partition coefficient (Wildman–Crippen LogP) is 2.72. The SMILES string of the molecule is Cc1cccc(N2CCN(c3ncccc3C(=O)O)CC2)c1C. The van der Waals surface area contributed by atoms with Crippen LogP contribution < -0.4 is 9.80 Å². The van der Waals surface area contributed by atoms with Gasteiger partial charge in [-0.2, -0.15) is 0 Å². The van der Waals surface area contributed by atoms with Gasteiger partial charge >= 0.3 is 5.97 Å². The zero-order valence-electron chi connectivity index (χ0n) is 13.5. The molecule has 5 nitrogen and oxygen atoms in total. The van der Waals surface area contributed by atoms with Crippen molar-refractivity contribution >= 4 is 17.5 Å². The van der Waals surface area contributed by atoms with Crippen molar-refractivity contribution in [1.82, 2.24) is 4.98 Å². The number of carboxylic acids is 1. The minimum Gasteiger partial charge on any atom is -0.478 e. The number of pyridine rings is 1. The highest BCUT2D eigenvalue weighted by Gasteiger charge is 2.23. The summed E-state index contributed by atoms with van der Waals surface area (Å²) in [7, 11) is 0. The molecule has 2 aromatic rings. The summed E-state index contributed by atoms with van der Waals surface area (Å²) in [5, 5.41) is 9.32. The van der Waals surface area contributed by atoms with Crippen LogP contribution in [0.5, 0.6) is 0 Å². The number of aromatic nitrogens is 1. The Hall–Kier alpha value is -2.56. The lowest BCUT2D eigenvalue weighted by atomic mass is 10.1. The second-order valence-electron chi connectivity index (χ2n) is 5.87. The molecule has 1 fully saturated rings. The lowest BCUT2D eigenvalue weighted by Gasteiger charge is -2.38. The quantitative estimate of drug-likeness (QED) is 0.944. The van der Waals surface area contributed by atoms with Crippen LogP contribution in [-0.2, 0) is 0 Å². The van der Waals surface area contributed by atoms with Gasteiger partial charge in [0.1, 0.15) is 11.4 Å². The molecular formula is C18H21N3O2. The number of hydrogen-bond acceptors (Lipinski definition) is 4. The van der Waals surface area contributed by atoms with E-state index in [0.717, 1.165) is 26.2 Å². The topological polar surface area (TPSA) is 56.7 Å². The highest BCUT2D eigenvalue weighted by atomic mass is 16.4. The maximum absolute atomic E-state index is 11.4. The lowest BCUT2D eigenvalue weighted by molar-refractivity contribution is 0.0697. The molecule has 0 saturated carbocycles. The molecule has 120 valence electrons. The summed E-state index contributed by atoms with van der Waals surface area (Å²) in [5.41, 5.74) is 4.14. The Balaban J connectivity index is 1.77. The van der Waals surface area contributed by atoms with Crippen LogP contribution in [0, 0.1) is 13.8 Å². The average molecular weight is 311 g/mol. The molecule has 0 unspecified atom stereocenters. The number of rotatable bonds is 3. The molecule has 0 radical (unpaired) electrons. The Kier molecular flexibility index (Phi) is 4.19. The number of nitrogens with zero attached hydrogens (tertiary/aromatic N) is 3. The monoisotopic (exact) mass is 311 g/mol. The van der Waals surface area contributed by atoms with Crippen LogP contribution in [0.4, 0.5) is 11.5 Å². The molecule has 0 amide bonds. The van der Waals surface area contributed by atoms with Crippen molar-refractivity contribution in [3.05, 3.63) is 53.2 Å². The Labute approximate surface area is 136 Å². The molecule has 0 bridgehead atoms. The summed E-state index contributed by atoms with van der Waals surface area (Å²) < 4.78 is 0. The van der Waals surface area contributed by atoms with Crippen molar-refractivity contribution < 1.29 is 9.90 Å². The van der Waals surface area contributed by atoms with Crippen LogP contribution >= 0.6 is 0 Å². The predicted molar refractivity (Wildman–Crippen MR) is 91.5 cm³/mol. The second kappa shape index (κ2) is 6.28. The number of piperazine rings is 1. The smallest absolute Gasteiger partial charge is 0.339 e. The van der Waals surface area contributed by atoms with E-state index in [9.17, 15) is 9.90 Å². The fourth-order valence-corrected chi connectivity index (χ4v) is 3.05. The van der Waals surface area contributed by atoms with Gasteiger partial charge in [-0.15, -0.1) is 0 Å². The molecule has 0 spiro atoms. The number of aromatic carboxylic acids is 1. The molecule has 1 N–H and O–H groups in total. The molecule has 3 rings (SSSR count). The second-order valence-corrected chi connectivity index (χ2v) is 5.87. The van der Waals surface area contributed by atoms with E-state index in [-0.39, 0.29) is 5.56 Å². The summed E-state index contributed by atoms with van der Waals surface area (Å²) >= 11 is 0. The standard InChI is InChI=1S/C18H21N3O2/c1-13-5-3-7-16(14(13)2)20-9-11-21(12-10-20)17-15(18(22)23)6-4-8-19-17/h3-8H,9-12H2,1-2H3,(H,22,23). The number of carbonyl (C=O) groups is 1. The van der Waals surface area contributed by atoms with E-state index in [1.165, 1.54) is 16.8 Å². The van der Waals surface area contributed by atoms with Gasteiger partial charge in [-0.25, -0.2) is 9.78 Å². The van der Waals surface area contributed by atoms with Crippen LogP contribution in [0.1, 0.15) is 21.5 Å². The summed E-state index contributed by atoms with van der Waals surface area (Å²) in [6, 6.07) is 9.65. The molecule has 1 aromatic heterocycles. The minimum absolute atomic E-state index is 0.271. The number of aryl methyl sites for hydroxylation is 1.